The number of carboxylic acids is 4. The molecule has 2 aliphatic rings. The molecule has 5 heterocycles. The number of aliphatic carboxylic acids is 4. The third-order valence-electron chi connectivity index (χ3n) is 11.9. The first-order valence-electron chi connectivity index (χ1n) is 22.3. The molecule has 0 aliphatic carbocycles. The van der Waals surface area contributed by atoms with Gasteiger partial charge in [-0.15, -0.1) is 0 Å². The van der Waals surface area contributed by atoms with Crippen molar-refractivity contribution < 1.29 is 98.7 Å². The summed E-state index contributed by atoms with van der Waals surface area (Å²) in [7, 11) is 0. The van der Waals surface area contributed by atoms with E-state index >= 15 is 0 Å². The maximum Gasteiger partial charge on any atom is 2.00 e. The Labute approximate surface area is 441 Å². The van der Waals surface area contributed by atoms with Gasteiger partial charge in [0.15, 0.2) is 24.2 Å². The Morgan fingerprint density at radius 3 is 0.909 bits per heavy atom. The van der Waals surface area contributed by atoms with E-state index in [2.05, 4.69) is 21.3 Å². The molecule has 4 amide bonds. The fourth-order valence-electron chi connectivity index (χ4n) is 7.94. The van der Waals surface area contributed by atoms with E-state index < -0.39 is 98.1 Å². The quantitative estimate of drug-likeness (QED) is 0.0507. The number of rotatable bonds is 16. The molecule has 4 aromatic carbocycles. The fraction of sp³-hybridized carbons (Fsp3) is 0.167. The minimum atomic E-state index is -1.69. The van der Waals surface area contributed by atoms with Crippen LogP contribution < -0.4 is 31.2 Å². The molecular formula is C48H36N12O16Zn. The number of nitrogens with one attached hydrogen (secondary N) is 4. The van der Waals surface area contributed by atoms with Crippen LogP contribution >= 0.6 is 0 Å². The number of carboxylic acid groups (broad SMARTS) is 4. The minimum absolute atomic E-state index is 0. The van der Waals surface area contributed by atoms with E-state index in [1.54, 1.807) is 0 Å². The molecule has 77 heavy (non-hydrogen) atoms. The van der Waals surface area contributed by atoms with Gasteiger partial charge in [0.05, 0.1) is 49.7 Å². The molecule has 0 saturated heterocycles. The van der Waals surface area contributed by atoms with Crippen LogP contribution in [0.5, 0.6) is 0 Å². The molecule has 9 rings (SSSR count). The van der Waals surface area contributed by atoms with Crippen molar-refractivity contribution in [3.05, 3.63) is 95.1 Å². The average Bonchev–Trinajstić information content (AvgIpc) is 4.14. The molecule has 28 nitrogen and oxygen atoms in total. The molecule has 8 bridgehead atoms. The number of carbonyl (C=O) groups is 8. The number of aromatic nitrogens is 8. The normalized spacial score (nSPS) is 12.9. The number of fused-ring (bicyclic) bond motifs is 20. The van der Waals surface area contributed by atoms with Crippen molar-refractivity contribution in [3.63, 3.8) is 0 Å². The molecule has 29 heteroatoms. The fourth-order valence-corrected chi connectivity index (χ4v) is 7.94. The van der Waals surface area contributed by atoms with E-state index in [9.17, 15) is 79.2 Å². The zero-order chi connectivity index (χ0) is 54.3. The van der Waals surface area contributed by atoms with Crippen molar-refractivity contribution in [3.8, 4) is 45.6 Å². The maximum atomic E-state index is 13.5. The van der Waals surface area contributed by atoms with Crippen LogP contribution in [0.15, 0.2) is 72.8 Å². The molecule has 3 aromatic heterocycles. The Hall–Kier alpha value is -9.54. The summed E-state index contributed by atoms with van der Waals surface area (Å²) in [5.41, 5.74) is -0.270. The van der Waals surface area contributed by atoms with Crippen LogP contribution in [0, 0.1) is 0 Å². The van der Waals surface area contributed by atoms with Gasteiger partial charge in [-0.2, -0.15) is 0 Å². The van der Waals surface area contributed by atoms with Gasteiger partial charge in [0, 0.05) is 67.1 Å². The van der Waals surface area contributed by atoms with Gasteiger partial charge >= 0.3 is 43.4 Å². The largest absolute Gasteiger partial charge is 2.00 e. The Balaban J connectivity index is 0.00000784. The molecular weight excluding hydrogens is 1070 g/mol. The number of hydrogen-bond acceptors (Lipinski definition) is 18. The van der Waals surface area contributed by atoms with E-state index in [1.165, 1.54) is 72.8 Å². The van der Waals surface area contributed by atoms with Crippen molar-refractivity contribution in [2.75, 3.05) is 26.4 Å². The summed E-state index contributed by atoms with van der Waals surface area (Å²) in [5.74, 6) is -10.2. The Morgan fingerprint density at radius 2 is 0.623 bits per heavy atom. The second-order valence-corrected chi connectivity index (χ2v) is 16.7. The number of aliphatic hydroxyl groups excluding tert-OH is 4. The predicted octanol–water partition coefficient (Wildman–Crippen LogP) is -1.17. The van der Waals surface area contributed by atoms with Gasteiger partial charge in [0.1, 0.15) is 0 Å². The van der Waals surface area contributed by atoms with E-state index in [1.807, 2.05) is 0 Å². The number of aliphatic hydroxyl groups is 4. The first-order chi connectivity index (χ1) is 36.4. The summed E-state index contributed by atoms with van der Waals surface area (Å²) in [6, 6.07) is 9.50. The topological polar surface area (TPSA) is 452 Å². The molecule has 0 spiro atoms. The van der Waals surface area contributed by atoms with E-state index in [0.717, 1.165) is 0 Å². The zero-order valence-corrected chi connectivity index (χ0v) is 42.2. The van der Waals surface area contributed by atoms with E-state index in [-0.39, 0.29) is 131 Å². The molecule has 4 atom stereocenters. The van der Waals surface area contributed by atoms with Crippen LogP contribution in [0.25, 0.3) is 89.7 Å². The number of benzene rings is 4. The van der Waals surface area contributed by atoms with Crippen LogP contribution in [-0.2, 0) is 38.7 Å². The average molecular weight is 1100 g/mol. The monoisotopic (exact) mass is 1100 g/mol. The summed E-state index contributed by atoms with van der Waals surface area (Å²) < 4.78 is 0. The Bertz CT molecular complexity index is 3850. The standard InChI is InChI=1S/C48H38N12O16.Zn/c61-13-29(45(69)70)49-41(65)17-1-5-21-25(9-17)37-54-33(21)53-34-22-6-2-19(43(67)51-31(15-63)47(73)74)11-27(22)39(55-34)60-40-28-12-20(44(68)52-32(16-64)48(75)76)4-8-24(28)36(59-40)58-38-26-10-18(3-7-23(26)35(56-37)57-38)42(66)50-30(14-62)46(71)72;/h1-12,29-32,61-64H,13-16H2,(H10,49,50,51,52,53,54,55,56,57,58,59,60,65,66,67,68,69,70,71,72,73,74,75,76);/q;+2/p-2. The molecule has 2 aliphatic heterocycles. The van der Waals surface area contributed by atoms with Gasteiger partial charge in [-0.3, -0.25) is 19.2 Å². The van der Waals surface area contributed by atoms with Crippen LogP contribution in [0.4, 0.5) is 0 Å². The first-order valence-corrected chi connectivity index (χ1v) is 22.3. The Kier molecular flexibility index (Phi) is 15.2. The molecule has 0 radical (unpaired) electrons. The molecule has 0 fully saturated rings. The van der Waals surface area contributed by atoms with Crippen LogP contribution in [0.2, 0.25) is 0 Å². The summed E-state index contributed by atoms with van der Waals surface area (Å²) in [4.78, 5) is 139. The molecule has 4 unspecified atom stereocenters. The summed E-state index contributed by atoms with van der Waals surface area (Å²) >= 11 is 0. The van der Waals surface area contributed by atoms with Crippen LogP contribution in [0.3, 0.4) is 0 Å². The Morgan fingerprint density at radius 1 is 0.364 bits per heavy atom. The molecule has 12 N–H and O–H groups in total. The predicted molar refractivity (Wildman–Crippen MR) is 258 cm³/mol. The second-order valence-electron chi connectivity index (χ2n) is 16.7. The van der Waals surface area contributed by atoms with Crippen LogP contribution in [-0.4, -0.2) is 169 Å². The van der Waals surface area contributed by atoms with Gasteiger partial charge in [0.25, 0.3) is 23.6 Å². The van der Waals surface area contributed by atoms with Crippen molar-refractivity contribution in [1.82, 2.24) is 61.1 Å². The van der Waals surface area contributed by atoms with Crippen molar-refractivity contribution >= 4 is 91.6 Å². The number of amides is 4. The summed E-state index contributed by atoms with van der Waals surface area (Å²) in [6.07, 6.45) is 0. The third-order valence-corrected chi connectivity index (χ3v) is 11.9. The van der Waals surface area contributed by atoms with Gasteiger partial charge in [-0.05, 0) is 70.1 Å². The van der Waals surface area contributed by atoms with Crippen molar-refractivity contribution in [2.24, 2.45) is 0 Å². The van der Waals surface area contributed by atoms with Gasteiger partial charge in [-0.25, -0.2) is 29.1 Å². The smallest absolute Gasteiger partial charge is 0.480 e. The maximum absolute atomic E-state index is 13.5. The van der Waals surface area contributed by atoms with Gasteiger partial charge < -0.3 is 92.0 Å². The van der Waals surface area contributed by atoms with Gasteiger partial charge in [-0.1, -0.05) is 24.3 Å². The molecule has 7 aromatic rings. The molecule has 0 saturated carbocycles. The van der Waals surface area contributed by atoms with Gasteiger partial charge in [0.2, 0.25) is 0 Å². The number of carbonyl (C=O) groups excluding carboxylic acids is 4. The van der Waals surface area contributed by atoms with E-state index in [0.29, 0.717) is 0 Å². The number of nitrogens with zero attached hydrogens (tertiary/aromatic N) is 8. The second kappa shape index (κ2) is 21.7. The van der Waals surface area contributed by atoms with Crippen LogP contribution in [0.1, 0.15) is 41.4 Å². The van der Waals surface area contributed by atoms with E-state index in [4.69, 9.17) is 39.9 Å². The zero-order valence-electron chi connectivity index (χ0n) is 39.2. The molecule has 386 valence electrons. The minimum Gasteiger partial charge on any atom is -0.480 e. The van der Waals surface area contributed by atoms with Crippen molar-refractivity contribution in [1.29, 1.82) is 0 Å². The first kappa shape index (κ1) is 53.7. The third kappa shape index (κ3) is 10.5. The van der Waals surface area contributed by atoms with Crippen molar-refractivity contribution in [2.45, 2.75) is 24.2 Å². The summed E-state index contributed by atoms with van der Waals surface area (Å²) in [5, 5.41) is 86.2. The SMILES string of the molecule is O=C(NC(CO)C(=O)O)c1ccc2c(c1)-c1nc-2nc2[n-]c(nc3nc(nc4[n-]c(n1)c1ccc(C(=O)NC(CO)C(=O)O)cc41)-c1ccc(C(=O)NC(CO)C(=O)O)cc1-3)c1cc(C(=O)NC(CO)C(=O)O)ccc21.[Zn+2]. The summed E-state index contributed by atoms with van der Waals surface area (Å²) in [6.45, 7) is -3.75. The number of hydrogen-bond donors (Lipinski definition) is 12.